The van der Waals surface area contributed by atoms with E-state index in [-0.39, 0.29) is 5.91 Å². The van der Waals surface area contributed by atoms with E-state index in [9.17, 15) is 4.79 Å². The Balaban J connectivity index is 2.10. The van der Waals surface area contributed by atoms with E-state index in [0.717, 1.165) is 32.2 Å². The summed E-state index contributed by atoms with van der Waals surface area (Å²) in [5.74, 6) is 0.0508. The molecule has 0 atom stereocenters. The molecule has 76 valence electrons. The minimum absolute atomic E-state index is 0.0508. The van der Waals surface area contributed by atoms with Crippen LogP contribution in [0.5, 0.6) is 0 Å². The fraction of sp³-hybridized carbons (Fsp3) is 0.900. The molecule has 0 saturated heterocycles. The lowest BCUT2D eigenvalue weighted by atomic mass is 9.77. The van der Waals surface area contributed by atoms with E-state index >= 15 is 0 Å². The molecule has 0 radical (unpaired) electrons. The zero-order chi connectivity index (χ0) is 9.73. The van der Waals surface area contributed by atoms with Crippen molar-refractivity contribution in [1.29, 1.82) is 0 Å². The van der Waals surface area contributed by atoms with Crippen LogP contribution in [0.1, 0.15) is 45.4 Å². The van der Waals surface area contributed by atoms with Gasteiger partial charge in [-0.3, -0.25) is 4.79 Å². The second-order valence-corrected chi connectivity index (χ2v) is 3.97. The predicted octanol–water partition coefficient (Wildman–Crippen LogP) is 1.17. The summed E-state index contributed by atoms with van der Waals surface area (Å²) in [5, 5.41) is 2.90. The molecule has 0 spiro atoms. The highest BCUT2D eigenvalue weighted by atomic mass is 16.2. The molecule has 1 aliphatic carbocycles. The summed E-state index contributed by atoms with van der Waals surface area (Å²) in [6.07, 6.45) is 6.23. The molecule has 0 aromatic heterocycles. The molecule has 0 heterocycles. The number of carbonyl (C=O) groups is 1. The van der Waals surface area contributed by atoms with E-state index in [2.05, 4.69) is 12.2 Å². The number of hydrogen-bond acceptors (Lipinski definition) is 2. The third-order valence-corrected chi connectivity index (χ3v) is 2.76. The van der Waals surface area contributed by atoms with Crippen molar-refractivity contribution in [3.8, 4) is 0 Å². The fourth-order valence-electron chi connectivity index (χ4n) is 1.54. The molecule has 0 aliphatic heterocycles. The zero-order valence-electron chi connectivity index (χ0n) is 8.44. The molecule has 3 heteroatoms. The highest BCUT2D eigenvalue weighted by molar-refractivity contribution is 5.86. The van der Waals surface area contributed by atoms with Gasteiger partial charge in [-0.15, -0.1) is 0 Å². The van der Waals surface area contributed by atoms with Gasteiger partial charge < -0.3 is 11.1 Å². The van der Waals surface area contributed by atoms with Gasteiger partial charge in [0.15, 0.2) is 0 Å². The van der Waals surface area contributed by atoms with Crippen molar-refractivity contribution in [3.63, 3.8) is 0 Å². The van der Waals surface area contributed by atoms with Gasteiger partial charge in [0, 0.05) is 6.54 Å². The van der Waals surface area contributed by atoms with Crippen LogP contribution in [-0.4, -0.2) is 18.0 Å². The molecule has 0 bridgehead atoms. The lowest BCUT2D eigenvalue weighted by Crippen LogP contribution is -2.58. The maximum absolute atomic E-state index is 11.5. The van der Waals surface area contributed by atoms with E-state index in [0.29, 0.717) is 0 Å². The van der Waals surface area contributed by atoms with Crippen molar-refractivity contribution in [2.75, 3.05) is 6.54 Å². The van der Waals surface area contributed by atoms with E-state index in [1.165, 1.54) is 12.8 Å². The zero-order valence-corrected chi connectivity index (χ0v) is 8.44. The summed E-state index contributed by atoms with van der Waals surface area (Å²) in [6, 6.07) is 0. The van der Waals surface area contributed by atoms with Crippen LogP contribution in [0.3, 0.4) is 0 Å². The molecule has 13 heavy (non-hydrogen) atoms. The first-order valence-corrected chi connectivity index (χ1v) is 5.26. The first kappa shape index (κ1) is 10.5. The average molecular weight is 184 g/mol. The average Bonchev–Trinajstić information content (AvgIpc) is 2.08. The highest BCUT2D eigenvalue weighted by Crippen LogP contribution is 2.28. The highest BCUT2D eigenvalue weighted by Gasteiger charge is 2.39. The molecule has 0 aromatic rings. The second kappa shape index (κ2) is 4.61. The Morgan fingerprint density at radius 2 is 2.15 bits per heavy atom. The van der Waals surface area contributed by atoms with Gasteiger partial charge in [0.05, 0.1) is 5.54 Å². The van der Waals surface area contributed by atoms with Crippen LogP contribution in [0.4, 0.5) is 0 Å². The van der Waals surface area contributed by atoms with Gasteiger partial charge in [0.1, 0.15) is 0 Å². The van der Waals surface area contributed by atoms with Gasteiger partial charge in [-0.2, -0.15) is 0 Å². The standard InChI is InChI=1S/C10H20N2O/c1-2-3-4-8-12-9(13)10(11)6-5-7-10/h2-8,11H2,1H3,(H,12,13). The Labute approximate surface area is 80.1 Å². The smallest absolute Gasteiger partial charge is 0.240 e. The number of unbranched alkanes of at least 4 members (excludes halogenated alkanes) is 2. The van der Waals surface area contributed by atoms with Crippen LogP contribution < -0.4 is 11.1 Å². The van der Waals surface area contributed by atoms with Crippen molar-refractivity contribution in [2.24, 2.45) is 5.73 Å². The van der Waals surface area contributed by atoms with Crippen molar-refractivity contribution in [1.82, 2.24) is 5.32 Å². The van der Waals surface area contributed by atoms with Crippen molar-refractivity contribution in [2.45, 2.75) is 51.0 Å². The lowest BCUT2D eigenvalue weighted by molar-refractivity contribution is -0.129. The van der Waals surface area contributed by atoms with E-state index in [4.69, 9.17) is 5.73 Å². The molecule has 1 fully saturated rings. The Morgan fingerprint density at radius 3 is 2.62 bits per heavy atom. The summed E-state index contributed by atoms with van der Waals surface area (Å²) in [4.78, 5) is 11.5. The van der Waals surface area contributed by atoms with E-state index in [1.54, 1.807) is 0 Å². The largest absolute Gasteiger partial charge is 0.355 e. The van der Waals surface area contributed by atoms with Gasteiger partial charge in [0.25, 0.3) is 0 Å². The predicted molar refractivity (Wildman–Crippen MR) is 53.3 cm³/mol. The van der Waals surface area contributed by atoms with Gasteiger partial charge in [-0.25, -0.2) is 0 Å². The SMILES string of the molecule is CCCCCNC(=O)C1(N)CCC1. The number of nitrogens with two attached hydrogens (primary N) is 1. The molecular weight excluding hydrogens is 164 g/mol. The van der Waals surface area contributed by atoms with Crippen molar-refractivity contribution < 1.29 is 4.79 Å². The number of nitrogens with one attached hydrogen (secondary N) is 1. The maximum Gasteiger partial charge on any atom is 0.240 e. The quantitative estimate of drug-likeness (QED) is 0.630. The molecule has 0 aromatic carbocycles. The van der Waals surface area contributed by atoms with Crippen molar-refractivity contribution >= 4 is 5.91 Å². The van der Waals surface area contributed by atoms with E-state index < -0.39 is 5.54 Å². The first-order chi connectivity index (χ1) is 6.19. The topological polar surface area (TPSA) is 55.1 Å². The lowest BCUT2D eigenvalue weighted by Gasteiger charge is -2.36. The minimum Gasteiger partial charge on any atom is -0.355 e. The van der Waals surface area contributed by atoms with Gasteiger partial charge in [-0.05, 0) is 25.7 Å². The Kier molecular flexibility index (Phi) is 3.72. The summed E-state index contributed by atoms with van der Waals surface area (Å²) in [6.45, 7) is 2.93. The molecule has 1 amide bonds. The maximum atomic E-state index is 11.5. The second-order valence-electron chi connectivity index (χ2n) is 3.97. The Hall–Kier alpha value is -0.570. The minimum atomic E-state index is -0.522. The van der Waals surface area contributed by atoms with Crippen molar-refractivity contribution in [3.05, 3.63) is 0 Å². The van der Waals surface area contributed by atoms with Gasteiger partial charge in [-0.1, -0.05) is 19.8 Å². The summed E-state index contributed by atoms with van der Waals surface area (Å²) in [7, 11) is 0. The van der Waals surface area contributed by atoms with Crippen LogP contribution in [0.25, 0.3) is 0 Å². The summed E-state index contributed by atoms with van der Waals surface area (Å²) in [5.41, 5.74) is 5.33. The van der Waals surface area contributed by atoms with Crippen LogP contribution in [0, 0.1) is 0 Å². The molecule has 1 saturated carbocycles. The third-order valence-electron chi connectivity index (χ3n) is 2.76. The number of rotatable bonds is 5. The molecule has 3 nitrogen and oxygen atoms in total. The van der Waals surface area contributed by atoms with E-state index in [1.807, 2.05) is 0 Å². The van der Waals surface area contributed by atoms with Gasteiger partial charge in [0.2, 0.25) is 5.91 Å². The molecule has 3 N–H and O–H groups in total. The Bertz CT molecular complexity index is 176. The monoisotopic (exact) mass is 184 g/mol. The summed E-state index contributed by atoms with van der Waals surface area (Å²) < 4.78 is 0. The fourth-order valence-corrected chi connectivity index (χ4v) is 1.54. The number of carbonyl (C=O) groups excluding carboxylic acids is 1. The molecular formula is C10H20N2O. The molecule has 0 unspecified atom stereocenters. The number of amides is 1. The first-order valence-electron chi connectivity index (χ1n) is 5.26. The summed E-state index contributed by atoms with van der Waals surface area (Å²) >= 11 is 0. The molecule has 1 aliphatic rings. The van der Waals surface area contributed by atoms with Gasteiger partial charge >= 0.3 is 0 Å². The normalized spacial score (nSPS) is 19.2. The van der Waals surface area contributed by atoms with Crippen LogP contribution in [0.2, 0.25) is 0 Å². The number of hydrogen-bond donors (Lipinski definition) is 2. The van der Waals surface area contributed by atoms with Crippen LogP contribution >= 0.6 is 0 Å². The molecule has 1 rings (SSSR count). The third kappa shape index (κ3) is 2.69. The van der Waals surface area contributed by atoms with Crippen LogP contribution in [-0.2, 0) is 4.79 Å². The Morgan fingerprint density at radius 1 is 1.46 bits per heavy atom. The van der Waals surface area contributed by atoms with Crippen LogP contribution in [0.15, 0.2) is 0 Å².